The second-order valence-corrected chi connectivity index (χ2v) is 7.20. The summed E-state index contributed by atoms with van der Waals surface area (Å²) in [5.41, 5.74) is -0.317. The Morgan fingerprint density at radius 1 is 1.17 bits per heavy atom. The maximum Gasteiger partial charge on any atom is 0.325 e. The lowest BCUT2D eigenvalue weighted by molar-refractivity contribution is -0.147. The van der Waals surface area contributed by atoms with Crippen molar-refractivity contribution in [1.29, 1.82) is 0 Å². The summed E-state index contributed by atoms with van der Waals surface area (Å²) in [6, 6.07) is 4.44. The summed E-state index contributed by atoms with van der Waals surface area (Å²) in [7, 11) is 0. The van der Waals surface area contributed by atoms with E-state index >= 15 is 0 Å². The fourth-order valence-electron chi connectivity index (χ4n) is 3.79. The van der Waals surface area contributed by atoms with Gasteiger partial charge >= 0.3 is 12.0 Å². The number of amides is 4. The molecule has 0 aromatic heterocycles. The number of esters is 1. The number of imide groups is 1. The summed E-state index contributed by atoms with van der Waals surface area (Å²) in [4.78, 5) is 49.5. The molecule has 1 aliphatic carbocycles. The Kier molecular flexibility index (Phi) is 4.99. The number of anilines is 1. The van der Waals surface area contributed by atoms with Crippen molar-refractivity contribution in [2.24, 2.45) is 0 Å². The van der Waals surface area contributed by atoms with Gasteiger partial charge in [-0.15, -0.1) is 0 Å². The predicted molar refractivity (Wildman–Crippen MR) is 98.2 cm³/mol. The first-order valence-electron chi connectivity index (χ1n) is 9.46. The minimum atomic E-state index is -0.800. The number of fused-ring (bicyclic) bond motifs is 1. The average molecular weight is 403 g/mol. The van der Waals surface area contributed by atoms with E-state index < -0.39 is 30.1 Å². The highest BCUT2D eigenvalue weighted by Crippen LogP contribution is 2.35. The van der Waals surface area contributed by atoms with Gasteiger partial charge in [-0.2, -0.15) is 0 Å². The molecule has 1 spiro atoms. The maximum absolute atomic E-state index is 12.5. The standard InChI is InChI=1S/C19H21N3O7/c23-15(20-12-3-4-13-14(9-12)29-11-28-13)10-27-16(24)5-8-22-17(25)19(21-18(22)26)6-1-2-7-19/h3-4,9H,1-2,5-8,10-11H2,(H,20,23)(H,21,26). The molecule has 0 radical (unpaired) electrons. The van der Waals surface area contributed by atoms with Crippen LogP contribution in [0.15, 0.2) is 18.2 Å². The van der Waals surface area contributed by atoms with Crippen LogP contribution in [0.5, 0.6) is 11.5 Å². The van der Waals surface area contributed by atoms with Gasteiger partial charge in [-0.1, -0.05) is 12.8 Å². The Morgan fingerprint density at radius 2 is 1.93 bits per heavy atom. The van der Waals surface area contributed by atoms with Crippen LogP contribution in [0.2, 0.25) is 0 Å². The number of benzene rings is 1. The molecule has 10 nitrogen and oxygen atoms in total. The zero-order chi connectivity index (χ0) is 20.4. The van der Waals surface area contributed by atoms with E-state index in [0.717, 1.165) is 17.7 Å². The highest BCUT2D eigenvalue weighted by Gasteiger charge is 2.52. The number of hydrogen-bond acceptors (Lipinski definition) is 7. The third-order valence-electron chi connectivity index (χ3n) is 5.26. The van der Waals surface area contributed by atoms with Gasteiger partial charge in [0.15, 0.2) is 18.1 Å². The first kappa shape index (κ1) is 19.0. The van der Waals surface area contributed by atoms with Crippen molar-refractivity contribution in [2.45, 2.75) is 37.6 Å². The SMILES string of the molecule is O=C(COC(=O)CCN1C(=O)NC2(CCCC2)C1=O)Nc1ccc2c(c1)OCO2. The number of nitrogens with one attached hydrogen (secondary N) is 2. The van der Waals surface area contributed by atoms with Gasteiger partial charge in [-0.3, -0.25) is 19.3 Å². The molecule has 3 aliphatic rings. The summed E-state index contributed by atoms with van der Waals surface area (Å²) < 4.78 is 15.4. The minimum absolute atomic E-state index is 0.0744. The van der Waals surface area contributed by atoms with Gasteiger partial charge in [-0.25, -0.2) is 4.79 Å². The maximum atomic E-state index is 12.5. The van der Waals surface area contributed by atoms with E-state index in [1.54, 1.807) is 18.2 Å². The largest absolute Gasteiger partial charge is 0.456 e. The molecule has 4 amide bonds. The molecular formula is C19H21N3O7. The first-order chi connectivity index (χ1) is 14.0. The Labute approximate surface area is 166 Å². The monoisotopic (exact) mass is 403 g/mol. The number of carbonyl (C=O) groups excluding carboxylic acids is 4. The Bertz CT molecular complexity index is 863. The van der Waals surface area contributed by atoms with Gasteiger partial charge in [0, 0.05) is 18.3 Å². The molecule has 2 aliphatic heterocycles. The number of nitrogens with zero attached hydrogens (tertiary/aromatic N) is 1. The van der Waals surface area contributed by atoms with E-state index in [0.29, 0.717) is 30.0 Å². The van der Waals surface area contributed by atoms with Crippen LogP contribution in [0, 0.1) is 0 Å². The van der Waals surface area contributed by atoms with Gasteiger partial charge in [0.25, 0.3) is 11.8 Å². The highest BCUT2D eigenvalue weighted by molar-refractivity contribution is 6.07. The molecule has 2 heterocycles. The summed E-state index contributed by atoms with van der Waals surface area (Å²) in [6.45, 7) is -0.421. The quantitative estimate of drug-likeness (QED) is 0.539. The molecule has 1 aromatic rings. The smallest absolute Gasteiger partial charge is 0.325 e. The van der Waals surface area contributed by atoms with Crippen LogP contribution < -0.4 is 20.1 Å². The molecule has 0 bridgehead atoms. The Balaban J connectivity index is 1.21. The summed E-state index contributed by atoms with van der Waals surface area (Å²) in [5, 5.41) is 5.34. The van der Waals surface area contributed by atoms with Crippen molar-refractivity contribution in [2.75, 3.05) is 25.3 Å². The van der Waals surface area contributed by atoms with Crippen molar-refractivity contribution in [3.8, 4) is 11.5 Å². The van der Waals surface area contributed by atoms with Gasteiger partial charge in [0.05, 0.1) is 6.42 Å². The molecule has 2 fully saturated rings. The lowest BCUT2D eigenvalue weighted by Gasteiger charge is -2.19. The number of carbonyl (C=O) groups is 4. The number of ether oxygens (including phenoxy) is 3. The van der Waals surface area contributed by atoms with E-state index in [-0.39, 0.29) is 25.7 Å². The second kappa shape index (κ2) is 7.61. The molecule has 2 N–H and O–H groups in total. The topological polar surface area (TPSA) is 123 Å². The third-order valence-corrected chi connectivity index (χ3v) is 5.26. The minimum Gasteiger partial charge on any atom is -0.456 e. The molecule has 1 saturated carbocycles. The van der Waals surface area contributed by atoms with Gasteiger partial charge < -0.3 is 24.8 Å². The molecule has 4 rings (SSSR count). The van der Waals surface area contributed by atoms with E-state index in [9.17, 15) is 19.2 Å². The van der Waals surface area contributed by atoms with Crippen LogP contribution >= 0.6 is 0 Å². The van der Waals surface area contributed by atoms with Crippen molar-refractivity contribution < 1.29 is 33.4 Å². The van der Waals surface area contributed by atoms with E-state index in [4.69, 9.17) is 14.2 Å². The predicted octanol–water partition coefficient (Wildman–Crippen LogP) is 1.15. The Morgan fingerprint density at radius 3 is 2.72 bits per heavy atom. The van der Waals surface area contributed by atoms with Crippen molar-refractivity contribution >= 4 is 29.5 Å². The van der Waals surface area contributed by atoms with Crippen molar-refractivity contribution in [3.63, 3.8) is 0 Å². The number of hydrogen-bond donors (Lipinski definition) is 2. The van der Waals surface area contributed by atoms with Crippen LogP contribution in [-0.4, -0.2) is 54.2 Å². The molecule has 0 unspecified atom stereocenters. The highest BCUT2D eigenvalue weighted by atomic mass is 16.7. The summed E-state index contributed by atoms with van der Waals surface area (Å²) in [5.74, 6) is -0.355. The molecule has 29 heavy (non-hydrogen) atoms. The van der Waals surface area contributed by atoms with Gasteiger partial charge in [0.1, 0.15) is 5.54 Å². The van der Waals surface area contributed by atoms with E-state index in [1.807, 2.05) is 0 Å². The number of rotatable bonds is 6. The van der Waals surface area contributed by atoms with Crippen LogP contribution in [0.3, 0.4) is 0 Å². The lowest BCUT2D eigenvalue weighted by Crippen LogP contribution is -2.44. The zero-order valence-electron chi connectivity index (χ0n) is 15.7. The second-order valence-electron chi connectivity index (χ2n) is 7.20. The normalized spacial score (nSPS) is 18.8. The molecule has 10 heteroatoms. The summed E-state index contributed by atoms with van der Waals surface area (Å²) in [6.07, 6.45) is 2.85. The van der Waals surface area contributed by atoms with Gasteiger partial charge in [0.2, 0.25) is 6.79 Å². The fraction of sp³-hybridized carbons (Fsp3) is 0.474. The van der Waals surface area contributed by atoms with Crippen LogP contribution in [0.1, 0.15) is 32.1 Å². The molecule has 154 valence electrons. The molecular weight excluding hydrogens is 382 g/mol. The van der Waals surface area contributed by atoms with Gasteiger partial charge in [-0.05, 0) is 25.0 Å². The van der Waals surface area contributed by atoms with Crippen LogP contribution in [0.4, 0.5) is 10.5 Å². The van der Waals surface area contributed by atoms with E-state index in [2.05, 4.69) is 10.6 Å². The van der Waals surface area contributed by atoms with Crippen molar-refractivity contribution in [1.82, 2.24) is 10.2 Å². The molecule has 0 atom stereocenters. The third kappa shape index (κ3) is 3.82. The van der Waals surface area contributed by atoms with Crippen LogP contribution in [0.25, 0.3) is 0 Å². The fourth-order valence-corrected chi connectivity index (χ4v) is 3.79. The molecule has 1 saturated heterocycles. The zero-order valence-corrected chi connectivity index (χ0v) is 15.7. The average Bonchev–Trinajstić information content (AvgIpc) is 3.40. The molecule has 1 aromatic carbocycles. The lowest BCUT2D eigenvalue weighted by atomic mass is 9.98. The van der Waals surface area contributed by atoms with Crippen molar-refractivity contribution in [3.05, 3.63) is 18.2 Å². The van der Waals surface area contributed by atoms with Crippen LogP contribution in [-0.2, 0) is 19.1 Å². The summed E-state index contributed by atoms with van der Waals surface area (Å²) >= 11 is 0. The Hall–Kier alpha value is -3.30. The first-order valence-corrected chi connectivity index (χ1v) is 9.46. The van der Waals surface area contributed by atoms with E-state index in [1.165, 1.54) is 0 Å². The number of urea groups is 1.